The topological polar surface area (TPSA) is 94.6 Å². The van der Waals surface area contributed by atoms with Crippen LogP contribution < -0.4 is 27.4 Å². The van der Waals surface area contributed by atoms with Crippen molar-refractivity contribution < 1.29 is 0 Å². The molecule has 0 bridgehead atoms. The lowest BCUT2D eigenvalue weighted by atomic mass is 9.75. The standard InChI is InChI=1S/C33H53N7/c1-25(23-35)37-32(22-30-12-8-7-9-13-30)27(3)36-24-26(2)38-31(14-10-11-18-34)28(4)40-20-16-33(17-21-40)15-19-39(6)29(33)5/h7-9,12-13,31-32,36-38H,1-5,10-11,14-24,34-35H2,6H3. The molecular weight excluding hydrogens is 494 g/mol. The summed E-state index contributed by atoms with van der Waals surface area (Å²) in [6, 6.07) is 10.4. The lowest BCUT2D eigenvalue weighted by molar-refractivity contribution is 0.154. The molecule has 1 spiro atoms. The summed E-state index contributed by atoms with van der Waals surface area (Å²) >= 11 is 0. The monoisotopic (exact) mass is 547 g/mol. The number of nitrogens with zero attached hydrogens (tertiary/aromatic N) is 2. The third kappa shape index (κ3) is 8.42. The Morgan fingerprint density at radius 2 is 1.57 bits per heavy atom. The molecule has 0 saturated carbocycles. The SMILES string of the molecule is C=C(CN)NC(Cc1ccccc1)C(=C)NCC(=C)NC(CCCCN)C(=C)N1CCC2(CCN(C)C2=C)CC1. The van der Waals surface area contributed by atoms with Crippen LogP contribution in [0.4, 0.5) is 0 Å². The second kappa shape index (κ2) is 15.0. The molecule has 2 aliphatic heterocycles. The van der Waals surface area contributed by atoms with Gasteiger partial charge in [0, 0.05) is 67.1 Å². The van der Waals surface area contributed by atoms with E-state index >= 15 is 0 Å². The molecule has 7 nitrogen and oxygen atoms in total. The summed E-state index contributed by atoms with van der Waals surface area (Å²) in [6.07, 6.45) is 7.29. The van der Waals surface area contributed by atoms with E-state index < -0.39 is 0 Å². The first kappa shape index (κ1) is 31.4. The van der Waals surface area contributed by atoms with Gasteiger partial charge in [0.2, 0.25) is 0 Å². The molecule has 0 aromatic heterocycles. The summed E-state index contributed by atoms with van der Waals surface area (Å²) in [5.41, 5.74) is 18.1. The van der Waals surface area contributed by atoms with Crippen molar-refractivity contribution in [2.24, 2.45) is 16.9 Å². The van der Waals surface area contributed by atoms with E-state index in [1.54, 1.807) is 0 Å². The van der Waals surface area contributed by atoms with Crippen molar-refractivity contribution in [3.05, 3.63) is 97.3 Å². The minimum atomic E-state index is -0.0355. The average molecular weight is 548 g/mol. The fourth-order valence-electron chi connectivity index (χ4n) is 5.92. The largest absolute Gasteiger partial charge is 0.382 e. The first-order valence-electron chi connectivity index (χ1n) is 14.8. The molecule has 2 unspecified atom stereocenters. The molecule has 1 aromatic carbocycles. The number of piperidine rings is 1. The Morgan fingerprint density at radius 3 is 2.17 bits per heavy atom. The molecule has 2 aliphatic rings. The predicted octanol–water partition coefficient (Wildman–Crippen LogP) is 3.81. The van der Waals surface area contributed by atoms with Crippen molar-refractivity contribution in [2.75, 3.05) is 46.3 Å². The molecule has 0 amide bonds. The van der Waals surface area contributed by atoms with Gasteiger partial charge in [0.15, 0.2) is 0 Å². The summed E-state index contributed by atoms with van der Waals surface area (Å²) in [5, 5.41) is 10.6. The highest BCUT2D eigenvalue weighted by Gasteiger charge is 2.43. The van der Waals surface area contributed by atoms with E-state index in [2.05, 4.69) is 90.0 Å². The molecule has 40 heavy (non-hydrogen) atoms. The van der Waals surface area contributed by atoms with Gasteiger partial charge in [-0.05, 0) is 57.1 Å². The van der Waals surface area contributed by atoms with Gasteiger partial charge >= 0.3 is 0 Å². The van der Waals surface area contributed by atoms with Crippen LogP contribution in [0.5, 0.6) is 0 Å². The van der Waals surface area contributed by atoms with Crippen LogP contribution in [0.3, 0.4) is 0 Å². The Labute approximate surface area is 243 Å². The fraction of sp³-hybridized carbons (Fsp3) is 0.515. The molecule has 220 valence electrons. The molecule has 7 N–H and O–H groups in total. The molecule has 2 fully saturated rings. The first-order chi connectivity index (χ1) is 19.2. The maximum atomic E-state index is 5.81. The molecule has 2 atom stereocenters. The molecule has 7 heteroatoms. The van der Waals surface area contributed by atoms with E-state index in [4.69, 9.17) is 11.5 Å². The van der Waals surface area contributed by atoms with Crippen molar-refractivity contribution in [1.82, 2.24) is 25.8 Å². The van der Waals surface area contributed by atoms with Crippen molar-refractivity contribution >= 4 is 0 Å². The molecule has 2 saturated heterocycles. The van der Waals surface area contributed by atoms with Crippen LogP contribution in [0.2, 0.25) is 0 Å². The zero-order valence-electron chi connectivity index (χ0n) is 24.8. The quantitative estimate of drug-likeness (QED) is 0.189. The third-order valence-corrected chi connectivity index (χ3v) is 8.71. The average Bonchev–Trinajstić information content (AvgIpc) is 3.23. The lowest BCUT2D eigenvalue weighted by Crippen LogP contribution is -2.45. The maximum Gasteiger partial charge on any atom is 0.0691 e. The van der Waals surface area contributed by atoms with E-state index in [0.29, 0.717) is 19.6 Å². The minimum Gasteiger partial charge on any atom is -0.382 e. The Bertz CT molecular complexity index is 1020. The Balaban J connectivity index is 1.57. The molecule has 3 rings (SSSR count). The Kier molecular flexibility index (Phi) is 11.8. The van der Waals surface area contributed by atoms with Gasteiger partial charge in [-0.2, -0.15) is 0 Å². The van der Waals surface area contributed by atoms with Crippen molar-refractivity contribution in [1.29, 1.82) is 0 Å². The number of benzene rings is 1. The van der Waals surface area contributed by atoms with Crippen molar-refractivity contribution in [3.8, 4) is 0 Å². The van der Waals surface area contributed by atoms with Crippen LogP contribution in [0.25, 0.3) is 0 Å². The summed E-state index contributed by atoms with van der Waals surface area (Å²) < 4.78 is 0. The molecule has 2 heterocycles. The molecule has 0 aliphatic carbocycles. The number of hydrogen-bond acceptors (Lipinski definition) is 7. The smallest absolute Gasteiger partial charge is 0.0691 e. The number of unbranched alkanes of at least 4 members (excludes halogenated alkanes) is 1. The van der Waals surface area contributed by atoms with E-state index in [1.165, 1.54) is 17.7 Å². The summed E-state index contributed by atoms with van der Waals surface area (Å²) in [5.74, 6) is 0. The van der Waals surface area contributed by atoms with Gasteiger partial charge in [0.1, 0.15) is 0 Å². The van der Waals surface area contributed by atoms with Crippen LogP contribution >= 0.6 is 0 Å². The number of hydrogen-bond donors (Lipinski definition) is 5. The number of nitrogens with two attached hydrogens (primary N) is 2. The van der Waals surface area contributed by atoms with Crippen LogP contribution in [0.1, 0.15) is 44.1 Å². The Morgan fingerprint density at radius 1 is 0.925 bits per heavy atom. The second-order valence-electron chi connectivity index (χ2n) is 11.5. The van der Waals surface area contributed by atoms with Gasteiger partial charge in [-0.3, -0.25) is 0 Å². The fourth-order valence-corrected chi connectivity index (χ4v) is 5.92. The number of nitrogens with one attached hydrogen (secondary N) is 3. The van der Waals surface area contributed by atoms with Gasteiger partial charge in [0.25, 0.3) is 0 Å². The third-order valence-electron chi connectivity index (χ3n) is 8.71. The summed E-state index contributed by atoms with van der Waals surface area (Å²) in [6.45, 7) is 26.5. The van der Waals surface area contributed by atoms with Crippen molar-refractivity contribution in [2.45, 2.75) is 57.0 Å². The lowest BCUT2D eigenvalue weighted by Gasteiger charge is -2.43. The zero-order valence-corrected chi connectivity index (χ0v) is 24.8. The van der Waals surface area contributed by atoms with Gasteiger partial charge in [-0.15, -0.1) is 0 Å². The highest BCUT2D eigenvalue weighted by atomic mass is 15.2. The predicted molar refractivity (Wildman–Crippen MR) is 170 cm³/mol. The minimum absolute atomic E-state index is 0.0355. The molecular formula is C33H53N7. The van der Waals surface area contributed by atoms with Gasteiger partial charge < -0.3 is 37.2 Å². The summed E-state index contributed by atoms with van der Waals surface area (Å²) in [4.78, 5) is 4.80. The maximum absolute atomic E-state index is 5.81. The highest BCUT2D eigenvalue weighted by molar-refractivity contribution is 5.22. The first-order valence-corrected chi connectivity index (χ1v) is 14.8. The second-order valence-corrected chi connectivity index (χ2v) is 11.5. The van der Waals surface area contributed by atoms with Crippen LogP contribution in [-0.2, 0) is 6.42 Å². The number of likely N-dealkylation sites (tertiary alicyclic amines) is 2. The van der Waals surface area contributed by atoms with Gasteiger partial charge in [-0.1, -0.05) is 63.2 Å². The summed E-state index contributed by atoms with van der Waals surface area (Å²) in [7, 11) is 2.17. The van der Waals surface area contributed by atoms with E-state index in [0.717, 1.165) is 80.9 Å². The normalized spacial score (nSPS) is 17.8. The van der Waals surface area contributed by atoms with E-state index in [-0.39, 0.29) is 17.5 Å². The van der Waals surface area contributed by atoms with Crippen molar-refractivity contribution in [3.63, 3.8) is 0 Å². The van der Waals surface area contributed by atoms with Gasteiger partial charge in [-0.25, -0.2) is 0 Å². The molecule has 0 radical (unpaired) electrons. The number of allylic oxidation sites excluding steroid dienone is 1. The van der Waals surface area contributed by atoms with E-state index in [1.807, 2.05) is 6.07 Å². The zero-order chi connectivity index (χ0) is 29.1. The number of rotatable bonds is 17. The Hall–Kier alpha value is -3.16. The highest BCUT2D eigenvalue weighted by Crippen LogP contribution is 2.47. The molecule has 1 aromatic rings. The van der Waals surface area contributed by atoms with Crippen LogP contribution in [-0.4, -0.2) is 68.2 Å². The van der Waals surface area contributed by atoms with Crippen LogP contribution in [0, 0.1) is 5.41 Å². The van der Waals surface area contributed by atoms with Crippen LogP contribution in [0.15, 0.2) is 91.7 Å². The van der Waals surface area contributed by atoms with Gasteiger partial charge in [0.05, 0.1) is 18.6 Å². The van der Waals surface area contributed by atoms with E-state index in [9.17, 15) is 0 Å².